The molecule has 0 radical (unpaired) electrons. The molecule has 1 N–H and O–H groups in total. The molecule has 2 aromatic carbocycles. The van der Waals surface area contributed by atoms with Crippen molar-refractivity contribution in [1.82, 2.24) is 10.3 Å². The van der Waals surface area contributed by atoms with E-state index in [1.807, 2.05) is 36.5 Å². The van der Waals surface area contributed by atoms with Gasteiger partial charge in [-0.15, -0.1) is 0 Å². The van der Waals surface area contributed by atoms with Crippen molar-refractivity contribution in [3.05, 3.63) is 93.6 Å². The van der Waals surface area contributed by atoms with Crippen molar-refractivity contribution in [2.45, 2.75) is 26.2 Å². The van der Waals surface area contributed by atoms with Crippen LogP contribution in [0.2, 0.25) is 10.0 Å². The van der Waals surface area contributed by atoms with Gasteiger partial charge in [-0.1, -0.05) is 80.0 Å². The molecule has 1 aliphatic rings. The van der Waals surface area contributed by atoms with E-state index in [2.05, 4.69) is 54.8 Å². The third kappa shape index (κ3) is 4.97. The van der Waals surface area contributed by atoms with E-state index in [-0.39, 0.29) is 0 Å². The third-order valence-electron chi connectivity index (χ3n) is 5.17. The fourth-order valence-electron chi connectivity index (χ4n) is 3.52. The van der Waals surface area contributed by atoms with Crippen LogP contribution in [0.3, 0.4) is 0 Å². The van der Waals surface area contributed by atoms with Crippen LogP contribution in [0, 0.1) is 0 Å². The van der Waals surface area contributed by atoms with Crippen molar-refractivity contribution in [3.63, 3.8) is 0 Å². The predicted octanol–water partition coefficient (Wildman–Crippen LogP) is 6.80. The molecule has 30 heavy (non-hydrogen) atoms. The molecule has 2 aromatic rings. The summed E-state index contributed by atoms with van der Waals surface area (Å²) in [5.41, 5.74) is 7.26. The van der Waals surface area contributed by atoms with E-state index < -0.39 is 0 Å². The summed E-state index contributed by atoms with van der Waals surface area (Å²) in [5.74, 6) is 0. The Hall–Kier alpha value is -2.49. The van der Waals surface area contributed by atoms with Crippen LogP contribution in [0.25, 0.3) is 11.3 Å². The summed E-state index contributed by atoms with van der Waals surface area (Å²) in [5, 5.41) is 10.8. The highest BCUT2D eigenvalue weighted by molar-refractivity contribution is 6.37. The Morgan fingerprint density at radius 2 is 1.73 bits per heavy atom. The molecule has 156 valence electrons. The van der Waals surface area contributed by atoms with E-state index in [0.717, 1.165) is 42.8 Å². The molecule has 0 spiro atoms. The Morgan fingerprint density at radius 3 is 2.37 bits per heavy atom. The van der Waals surface area contributed by atoms with Crippen LogP contribution >= 0.6 is 23.2 Å². The Kier molecular flexibility index (Phi) is 7.41. The second-order valence-corrected chi connectivity index (χ2v) is 8.13. The lowest BCUT2D eigenvalue weighted by Crippen LogP contribution is -2.17. The Balaban J connectivity index is 1.67. The van der Waals surface area contributed by atoms with Crippen LogP contribution < -0.4 is 5.32 Å². The van der Waals surface area contributed by atoms with Gasteiger partial charge in [-0.2, -0.15) is 5.10 Å². The first-order valence-electron chi connectivity index (χ1n) is 10.1. The van der Waals surface area contributed by atoms with Gasteiger partial charge < -0.3 is 5.32 Å². The molecular weight excluding hydrogens is 413 g/mol. The minimum absolute atomic E-state index is 0.599. The number of nitrogens with zero attached hydrogens (tertiary/aromatic N) is 2. The van der Waals surface area contributed by atoms with Crippen molar-refractivity contribution in [3.8, 4) is 0 Å². The molecule has 5 heteroatoms. The maximum Gasteiger partial charge on any atom is 0.0600 e. The summed E-state index contributed by atoms with van der Waals surface area (Å²) >= 11 is 12.5. The highest BCUT2D eigenvalue weighted by Crippen LogP contribution is 2.32. The van der Waals surface area contributed by atoms with Crippen LogP contribution in [-0.4, -0.2) is 24.8 Å². The van der Waals surface area contributed by atoms with Gasteiger partial charge in [0.1, 0.15) is 0 Å². The molecule has 0 saturated heterocycles. The molecule has 0 aromatic heterocycles. The number of likely N-dealkylation sites (N-methyl/N-ethyl adjacent to an activating group) is 1. The lowest BCUT2D eigenvalue weighted by molar-refractivity contribution is 0.465. The molecule has 0 atom stereocenters. The van der Waals surface area contributed by atoms with E-state index in [0.29, 0.717) is 10.0 Å². The lowest BCUT2D eigenvalue weighted by Gasteiger charge is -2.25. The van der Waals surface area contributed by atoms with Crippen molar-refractivity contribution >= 4 is 40.7 Å². The van der Waals surface area contributed by atoms with Gasteiger partial charge in [-0.3, -0.25) is 5.01 Å². The second kappa shape index (κ2) is 10.0. The van der Waals surface area contributed by atoms with Gasteiger partial charge in [-0.05, 0) is 41.7 Å². The van der Waals surface area contributed by atoms with E-state index in [4.69, 9.17) is 23.2 Å². The average molecular weight is 440 g/mol. The number of hydrazone groups is 1. The van der Waals surface area contributed by atoms with Gasteiger partial charge in [0, 0.05) is 30.4 Å². The fraction of sp³-hybridized carbons (Fsp3) is 0.240. The number of nitrogens with one attached hydrogen (secondary N) is 1. The molecule has 0 fully saturated rings. The van der Waals surface area contributed by atoms with Crippen molar-refractivity contribution in [1.29, 1.82) is 0 Å². The zero-order valence-corrected chi connectivity index (χ0v) is 19.0. The highest BCUT2D eigenvalue weighted by atomic mass is 35.5. The largest absolute Gasteiger partial charge is 0.385 e. The van der Waals surface area contributed by atoms with Gasteiger partial charge in [0.05, 0.1) is 22.0 Å². The highest BCUT2D eigenvalue weighted by Gasteiger charge is 2.18. The minimum Gasteiger partial charge on any atom is -0.385 e. The Bertz CT molecular complexity index is 983. The molecule has 3 rings (SSSR count). The molecule has 0 unspecified atom stereocenters. The Morgan fingerprint density at radius 1 is 1.07 bits per heavy atom. The standard InChI is InChI=1S/C25H27Cl2N3/c1-5-7-21-16-29-30(4)18(3)25(21)20-12-10-19(11-13-20)14-15-28-17(2)24-22(26)8-6-9-23(24)27/h6,8-13,16,28H,2-3,5,7,14-15H2,1,4H3. The quantitative estimate of drug-likeness (QED) is 0.489. The number of hydrogen-bond acceptors (Lipinski definition) is 3. The summed E-state index contributed by atoms with van der Waals surface area (Å²) in [6.45, 7) is 11.2. The molecule has 0 saturated carbocycles. The van der Waals surface area contributed by atoms with Crippen molar-refractivity contribution < 1.29 is 0 Å². The Labute approximate surface area is 189 Å². The van der Waals surface area contributed by atoms with E-state index in [1.165, 1.54) is 22.3 Å². The summed E-state index contributed by atoms with van der Waals surface area (Å²) < 4.78 is 0. The van der Waals surface area contributed by atoms with Crippen molar-refractivity contribution in [2.24, 2.45) is 5.10 Å². The first-order valence-corrected chi connectivity index (χ1v) is 10.8. The molecular formula is C25H27Cl2N3. The molecule has 1 heterocycles. The van der Waals surface area contributed by atoms with Crippen LogP contribution in [0.4, 0.5) is 0 Å². The lowest BCUT2D eigenvalue weighted by atomic mass is 9.93. The van der Waals surface area contributed by atoms with Crippen LogP contribution in [0.1, 0.15) is 36.5 Å². The van der Waals surface area contributed by atoms with Crippen LogP contribution in [0.15, 0.2) is 72.0 Å². The van der Waals surface area contributed by atoms with Gasteiger partial charge in [0.2, 0.25) is 0 Å². The maximum absolute atomic E-state index is 6.26. The third-order valence-corrected chi connectivity index (χ3v) is 5.80. The molecule has 0 aliphatic carbocycles. The SMILES string of the molecule is C=C(NCCc1ccc(C2=C(CCC)C=NN(C)C2=C)cc1)c1c(Cl)cccc1Cl. The fourth-order valence-corrected chi connectivity index (χ4v) is 4.14. The van der Waals surface area contributed by atoms with E-state index >= 15 is 0 Å². The summed E-state index contributed by atoms with van der Waals surface area (Å²) in [7, 11) is 1.93. The van der Waals surface area contributed by atoms with E-state index in [9.17, 15) is 0 Å². The molecule has 1 aliphatic heterocycles. The summed E-state index contributed by atoms with van der Waals surface area (Å²) in [6.07, 6.45) is 4.89. The van der Waals surface area contributed by atoms with Gasteiger partial charge in [-0.25, -0.2) is 0 Å². The number of hydrogen-bond donors (Lipinski definition) is 1. The normalized spacial score (nSPS) is 13.7. The monoisotopic (exact) mass is 439 g/mol. The number of halogens is 2. The molecule has 0 amide bonds. The summed E-state index contributed by atoms with van der Waals surface area (Å²) in [6, 6.07) is 14.1. The second-order valence-electron chi connectivity index (χ2n) is 7.31. The topological polar surface area (TPSA) is 27.6 Å². The number of allylic oxidation sites excluding steroid dienone is 2. The molecule has 3 nitrogen and oxygen atoms in total. The van der Waals surface area contributed by atoms with Crippen LogP contribution in [-0.2, 0) is 6.42 Å². The minimum atomic E-state index is 0.599. The van der Waals surface area contributed by atoms with E-state index in [1.54, 1.807) is 0 Å². The number of rotatable bonds is 8. The smallest absolute Gasteiger partial charge is 0.0600 e. The average Bonchev–Trinajstić information content (AvgIpc) is 2.72. The maximum atomic E-state index is 6.26. The van der Waals surface area contributed by atoms with Gasteiger partial charge in [0.25, 0.3) is 0 Å². The van der Waals surface area contributed by atoms with Crippen LogP contribution in [0.5, 0.6) is 0 Å². The van der Waals surface area contributed by atoms with Crippen molar-refractivity contribution in [2.75, 3.05) is 13.6 Å². The molecule has 0 bridgehead atoms. The first kappa shape index (κ1) is 22.2. The van der Waals surface area contributed by atoms with Gasteiger partial charge >= 0.3 is 0 Å². The summed E-state index contributed by atoms with van der Waals surface area (Å²) in [4.78, 5) is 0. The van der Waals surface area contributed by atoms with Gasteiger partial charge in [0.15, 0.2) is 0 Å². The zero-order chi connectivity index (χ0) is 21.7. The first-order chi connectivity index (χ1) is 14.4. The predicted molar refractivity (Wildman–Crippen MR) is 131 cm³/mol. The number of benzene rings is 2. The zero-order valence-electron chi connectivity index (χ0n) is 17.5.